The van der Waals surface area contributed by atoms with Crippen molar-refractivity contribution in [3.05, 3.63) is 59.0 Å². The van der Waals surface area contributed by atoms with Crippen molar-refractivity contribution in [1.82, 2.24) is 0 Å². The molecule has 0 atom stereocenters. The number of aromatic hydroxyl groups is 2. The van der Waals surface area contributed by atoms with Gasteiger partial charge in [0.05, 0.1) is 0 Å². The number of hydrogen-bond donors (Lipinski definition) is 2. The van der Waals surface area contributed by atoms with Gasteiger partial charge in [0.15, 0.2) is 0 Å². The molecule has 0 radical (unpaired) electrons. The highest BCUT2D eigenvalue weighted by atomic mass is 16.3. The molecular formula is C24H30O2. The maximum Gasteiger partial charge on any atom is 0.124 e. The average Bonchev–Trinajstić information content (AvgIpc) is 2.71. The Morgan fingerprint density at radius 1 is 0.654 bits per heavy atom. The van der Waals surface area contributed by atoms with Gasteiger partial charge in [-0.05, 0) is 47.2 Å². The molecular weight excluding hydrogens is 320 g/mol. The molecule has 26 heavy (non-hydrogen) atoms. The van der Waals surface area contributed by atoms with Crippen molar-refractivity contribution in [1.29, 1.82) is 0 Å². The topological polar surface area (TPSA) is 40.5 Å². The first-order chi connectivity index (χ1) is 12.7. The summed E-state index contributed by atoms with van der Waals surface area (Å²) in [5.74, 6) is 0.343. The fourth-order valence-electron chi connectivity index (χ4n) is 2.97. The molecule has 0 fully saturated rings. The third kappa shape index (κ3) is 4.08. The smallest absolute Gasteiger partial charge is 0.124 e. The van der Waals surface area contributed by atoms with Crippen molar-refractivity contribution in [3.8, 4) is 22.6 Å². The van der Waals surface area contributed by atoms with Crippen molar-refractivity contribution in [2.24, 2.45) is 0 Å². The number of fused-ring (bicyclic) bond motifs is 1. The summed E-state index contributed by atoms with van der Waals surface area (Å²) in [6, 6.07) is 15.0. The molecule has 3 aromatic carbocycles. The molecule has 2 heteroatoms. The number of phenolic OH excluding ortho intramolecular Hbond substituents is 2. The molecule has 0 spiro atoms. The van der Waals surface area contributed by atoms with Crippen LogP contribution in [0, 0.1) is 0 Å². The van der Waals surface area contributed by atoms with Gasteiger partial charge in [-0.25, -0.2) is 0 Å². The van der Waals surface area contributed by atoms with E-state index in [2.05, 4.69) is 0 Å². The molecule has 0 aliphatic rings. The number of benzene rings is 3. The lowest BCUT2D eigenvalue weighted by Crippen LogP contribution is -2.26. The third-order valence-electron chi connectivity index (χ3n) is 4.01. The molecule has 138 valence electrons. The van der Waals surface area contributed by atoms with Crippen molar-refractivity contribution in [3.63, 3.8) is 0 Å². The minimum Gasteiger partial charge on any atom is -0.507 e. The van der Waals surface area contributed by atoms with E-state index in [1.54, 1.807) is 12.1 Å². The molecule has 0 amide bonds. The van der Waals surface area contributed by atoms with Gasteiger partial charge in [0.25, 0.3) is 0 Å². The lowest BCUT2D eigenvalue weighted by Gasteiger charge is -2.12. The van der Waals surface area contributed by atoms with Gasteiger partial charge < -0.3 is 10.2 Å². The normalized spacial score (nSPS) is 11.5. The molecule has 2 nitrogen and oxygen atoms in total. The number of rotatable bonds is 1. The lowest BCUT2D eigenvalue weighted by atomic mass is 9.94. The standard InChI is InChI=1S/C20H18O2.2C2H6/c1-3-13-9-11-17(21)19(15(13)4-2)20-16-8-6-5-7-14(16)10-12-18(20)22;2*1-2/h3-12,21-22H,1-2H3;2*1-2H3/b13-3-,15-4+;;. The average molecular weight is 351 g/mol. The van der Waals surface area contributed by atoms with Crippen LogP contribution in [-0.2, 0) is 0 Å². The van der Waals surface area contributed by atoms with Crippen LogP contribution >= 0.6 is 0 Å². The molecule has 0 aromatic heterocycles. The van der Waals surface area contributed by atoms with Crippen LogP contribution in [0.1, 0.15) is 41.5 Å². The molecule has 3 rings (SSSR count). The maximum atomic E-state index is 10.4. The van der Waals surface area contributed by atoms with Crippen molar-refractivity contribution < 1.29 is 10.2 Å². The molecule has 0 aliphatic heterocycles. The lowest BCUT2D eigenvalue weighted by molar-refractivity contribution is 0.469. The predicted octanol–water partition coefficient (Wildman–Crippen LogP) is 5.57. The highest BCUT2D eigenvalue weighted by Gasteiger charge is 2.14. The van der Waals surface area contributed by atoms with E-state index >= 15 is 0 Å². The molecule has 0 heterocycles. The summed E-state index contributed by atoms with van der Waals surface area (Å²) in [5.41, 5.74) is 1.35. The van der Waals surface area contributed by atoms with Crippen LogP contribution in [0.3, 0.4) is 0 Å². The zero-order valence-electron chi connectivity index (χ0n) is 16.7. The van der Waals surface area contributed by atoms with Crippen LogP contribution in [0.2, 0.25) is 0 Å². The summed E-state index contributed by atoms with van der Waals surface area (Å²) in [6.45, 7) is 11.9. The summed E-state index contributed by atoms with van der Waals surface area (Å²) in [5, 5.41) is 24.8. The highest BCUT2D eigenvalue weighted by molar-refractivity contribution is 6.01. The van der Waals surface area contributed by atoms with Crippen molar-refractivity contribution in [2.75, 3.05) is 0 Å². The largest absolute Gasteiger partial charge is 0.507 e. The van der Waals surface area contributed by atoms with E-state index in [0.717, 1.165) is 21.2 Å². The Balaban J connectivity index is 0.000000791. The second kappa shape index (κ2) is 10.3. The molecule has 3 aromatic rings. The van der Waals surface area contributed by atoms with Crippen LogP contribution in [-0.4, -0.2) is 10.2 Å². The number of phenols is 2. The first-order valence-electron chi connectivity index (χ1n) is 9.33. The molecule has 0 aliphatic carbocycles. The highest BCUT2D eigenvalue weighted by Crippen LogP contribution is 2.38. The van der Waals surface area contributed by atoms with Crippen LogP contribution in [0.25, 0.3) is 34.1 Å². The van der Waals surface area contributed by atoms with Gasteiger partial charge in [0.1, 0.15) is 11.5 Å². The van der Waals surface area contributed by atoms with E-state index in [1.165, 1.54) is 0 Å². The first kappa shape index (κ1) is 21.3. The van der Waals surface area contributed by atoms with Crippen LogP contribution < -0.4 is 10.4 Å². The Bertz CT molecular complexity index is 969. The first-order valence-corrected chi connectivity index (χ1v) is 9.33. The van der Waals surface area contributed by atoms with Gasteiger partial charge in [-0.15, -0.1) is 0 Å². The Morgan fingerprint density at radius 2 is 1.23 bits per heavy atom. The van der Waals surface area contributed by atoms with Gasteiger partial charge in [0, 0.05) is 11.1 Å². The molecule has 0 bridgehead atoms. The van der Waals surface area contributed by atoms with Gasteiger partial charge in [-0.2, -0.15) is 0 Å². The Labute approximate surface area is 156 Å². The molecule has 2 N–H and O–H groups in total. The van der Waals surface area contributed by atoms with Gasteiger partial charge >= 0.3 is 0 Å². The predicted molar refractivity (Wildman–Crippen MR) is 115 cm³/mol. The Kier molecular flexibility index (Phi) is 8.44. The van der Waals surface area contributed by atoms with Crippen LogP contribution in [0.5, 0.6) is 11.5 Å². The van der Waals surface area contributed by atoms with Crippen LogP contribution in [0.15, 0.2) is 48.5 Å². The minimum absolute atomic E-state index is 0.172. The molecule has 0 saturated heterocycles. The summed E-state index contributed by atoms with van der Waals surface area (Å²) < 4.78 is 0. The fourth-order valence-corrected chi connectivity index (χ4v) is 2.97. The SMILES string of the molecule is C/C=c1/ccc(O)c(-c2c(O)ccc3ccccc23)/c1=C/C.CC.CC. The van der Waals surface area contributed by atoms with E-state index in [9.17, 15) is 10.2 Å². The van der Waals surface area contributed by atoms with Crippen molar-refractivity contribution in [2.45, 2.75) is 41.5 Å². The van der Waals surface area contributed by atoms with Crippen LogP contribution in [0.4, 0.5) is 0 Å². The quantitative estimate of drug-likeness (QED) is 0.602. The summed E-state index contributed by atoms with van der Waals surface area (Å²) in [7, 11) is 0. The fraction of sp³-hybridized carbons (Fsp3) is 0.250. The minimum atomic E-state index is 0.172. The summed E-state index contributed by atoms with van der Waals surface area (Å²) >= 11 is 0. The second-order valence-electron chi connectivity index (χ2n) is 5.22. The molecule has 0 unspecified atom stereocenters. The van der Waals surface area contributed by atoms with Gasteiger partial charge in [-0.3, -0.25) is 0 Å². The van der Waals surface area contributed by atoms with E-state index in [4.69, 9.17) is 0 Å². The van der Waals surface area contributed by atoms with E-state index in [-0.39, 0.29) is 11.5 Å². The Morgan fingerprint density at radius 3 is 1.85 bits per heavy atom. The summed E-state index contributed by atoms with van der Waals surface area (Å²) in [4.78, 5) is 0. The van der Waals surface area contributed by atoms with E-state index in [1.807, 2.05) is 90.1 Å². The van der Waals surface area contributed by atoms with Gasteiger partial charge in [0.2, 0.25) is 0 Å². The maximum absolute atomic E-state index is 10.4. The van der Waals surface area contributed by atoms with Gasteiger partial charge in [-0.1, -0.05) is 76.2 Å². The van der Waals surface area contributed by atoms with E-state index in [0.29, 0.717) is 11.1 Å². The third-order valence-corrected chi connectivity index (χ3v) is 4.01. The Hall–Kier alpha value is -2.74. The van der Waals surface area contributed by atoms with E-state index < -0.39 is 0 Å². The zero-order chi connectivity index (χ0) is 19.7. The monoisotopic (exact) mass is 350 g/mol. The second-order valence-corrected chi connectivity index (χ2v) is 5.22. The zero-order valence-corrected chi connectivity index (χ0v) is 16.7. The number of hydrogen-bond acceptors (Lipinski definition) is 2. The summed E-state index contributed by atoms with van der Waals surface area (Å²) in [6.07, 6.45) is 3.96. The van der Waals surface area contributed by atoms with Crippen molar-refractivity contribution >= 4 is 22.9 Å². The molecule has 0 saturated carbocycles.